The molecule has 1 heterocycles. The number of nitrogens with zero attached hydrogens (tertiary/aromatic N) is 1. The molecule has 8 heteroatoms. The Morgan fingerprint density at radius 2 is 1.81 bits per heavy atom. The van der Waals surface area contributed by atoms with Gasteiger partial charge in [0, 0.05) is 6.54 Å². The first-order chi connectivity index (χ1) is 13.0. The van der Waals surface area contributed by atoms with Crippen LogP contribution in [0.15, 0.2) is 36.4 Å². The van der Waals surface area contributed by atoms with Crippen molar-refractivity contribution in [1.29, 1.82) is 0 Å². The van der Waals surface area contributed by atoms with E-state index in [9.17, 15) is 14.4 Å². The Kier molecular flexibility index (Phi) is 5.32. The third-order valence-corrected chi connectivity index (χ3v) is 4.50. The largest absolute Gasteiger partial charge is 0.493 e. The van der Waals surface area contributed by atoms with Crippen LogP contribution in [0.4, 0.5) is 0 Å². The van der Waals surface area contributed by atoms with Crippen molar-refractivity contribution < 1.29 is 23.9 Å². The van der Waals surface area contributed by atoms with Crippen LogP contribution >= 0.6 is 11.6 Å². The number of benzene rings is 2. The second-order valence-electron chi connectivity index (χ2n) is 5.82. The molecule has 1 aliphatic heterocycles. The van der Waals surface area contributed by atoms with Gasteiger partial charge in [-0.25, -0.2) is 0 Å². The molecule has 1 N–H and O–H groups in total. The molecule has 3 amide bonds. The van der Waals surface area contributed by atoms with Gasteiger partial charge in [-0.2, -0.15) is 0 Å². The first-order valence-electron chi connectivity index (χ1n) is 8.08. The summed E-state index contributed by atoms with van der Waals surface area (Å²) >= 11 is 6.00. The zero-order chi connectivity index (χ0) is 19.6. The molecule has 0 atom stereocenters. The van der Waals surface area contributed by atoms with Crippen molar-refractivity contribution in [3.8, 4) is 11.5 Å². The van der Waals surface area contributed by atoms with Crippen molar-refractivity contribution in [3.63, 3.8) is 0 Å². The van der Waals surface area contributed by atoms with Gasteiger partial charge >= 0.3 is 0 Å². The highest BCUT2D eigenvalue weighted by molar-refractivity contribution is 6.37. The minimum atomic E-state index is -0.568. The van der Waals surface area contributed by atoms with Gasteiger partial charge in [-0.15, -0.1) is 0 Å². The lowest BCUT2D eigenvalue weighted by Gasteiger charge is -2.14. The van der Waals surface area contributed by atoms with E-state index in [1.54, 1.807) is 24.3 Å². The minimum absolute atomic E-state index is 0.136. The third-order valence-electron chi connectivity index (χ3n) is 4.19. The number of carbonyl (C=O) groups is 3. The fourth-order valence-electron chi connectivity index (χ4n) is 2.83. The number of fused-ring (bicyclic) bond motifs is 1. The lowest BCUT2D eigenvalue weighted by atomic mass is 10.1. The number of amides is 3. The van der Waals surface area contributed by atoms with Crippen LogP contribution in [0.25, 0.3) is 0 Å². The summed E-state index contributed by atoms with van der Waals surface area (Å²) in [4.78, 5) is 37.9. The number of hydrogen-bond donors (Lipinski definition) is 1. The van der Waals surface area contributed by atoms with Crippen LogP contribution in [-0.4, -0.2) is 43.4 Å². The van der Waals surface area contributed by atoms with E-state index in [4.69, 9.17) is 21.1 Å². The monoisotopic (exact) mass is 388 g/mol. The first-order valence-corrected chi connectivity index (χ1v) is 8.46. The van der Waals surface area contributed by atoms with Crippen LogP contribution in [0.1, 0.15) is 26.3 Å². The quantitative estimate of drug-likeness (QED) is 0.767. The van der Waals surface area contributed by atoms with Crippen molar-refractivity contribution in [2.75, 3.05) is 20.8 Å². The number of rotatable bonds is 6. The molecular formula is C19H17ClN2O5. The van der Waals surface area contributed by atoms with Gasteiger partial charge in [0.15, 0.2) is 11.5 Å². The molecule has 0 bridgehead atoms. The molecule has 0 aliphatic carbocycles. The number of nitrogens with one attached hydrogen (secondary N) is 1. The SMILES string of the molecule is COc1ccc(CNC(=O)CN2C(=O)c3cccc(Cl)c3C2=O)cc1OC. The van der Waals surface area contributed by atoms with E-state index in [-0.39, 0.29) is 29.2 Å². The zero-order valence-corrected chi connectivity index (χ0v) is 15.5. The van der Waals surface area contributed by atoms with E-state index in [2.05, 4.69) is 5.32 Å². The smallest absolute Gasteiger partial charge is 0.263 e. The highest BCUT2D eigenvalue weighted by atomic mass is 35.5. The number of imide groups is 1. The molecule has 0 aromatic heterocycles. The molecule has 140 valence electrons. The summed E-state index contributed by atoms with van der Waals surface area (Å²) in [6, 6.07) is 9.89. The van der Waals surface area contributed by atoms with Crippen LogP contribution < -0.4 is 14.8 Å². The maximum absolute atomic E-state index is 12.4. The van der Waals surface area contributed by atoms with Crippen LogP contribution in [0.3, 0.4) is 0 Å². The van der Waals surface area contributed by atoms with E-state index < -0.39 is 17.7 Å². The average molecular weight is 389 g/mol. The fourth-order valence-corrected chi connectivity index (χ4v) is 3.08. The second kappa shape index (κ2) is 7.67. The molecule has 2 aromatic rings. The number of ether oxygens (including phenoxy) is 2. The summed E-state index contributed by atoms with van der Waals surface area (Å²) in [7, 11) is 3.06. The summed E-state index contributed by atoms with van der Waals surface area (Å²) in [5, 5.41) is 2.88. The normalized spacial score (nSPS) is 12.8. The Morgan fingerprint density at radius 3 is 2.48 bits per heavy atom. The van der Waals surface area contributed by atoms with Gasteiger partial charge in [0.2, 0.25) is 5.91 Å². The van der Waals surface area contributed by atoms with Gasteiger partial charge in [-0.05, 0) is 29.8 Å². The van der Waals surface area contributed by atoms with Gasteiger partial charge < -0.3 is 14.8 Å². The molecule has 27 heavy (non-hydrogen) atoms. The van der Waals surface area contributed by atoms with Crippen molar-refractivity contribution in [1.82, 2.24) is 10.2 Å². The maximum Gasteiger partial charge on any atom is 0.263 e. The van der Waals surface area contributed by atoms with Crippen molar-refractivity contribution in [3.05, 3.63) is 58.1 Å². The average Bonchev–Trinajstić information content (AvgIpc) is 2.92. The summed E-state index contributed by atoms with van der Waals surface area (Å²) in [6.45, 7) is -0.168. The number of carbonyl (C=O) groups excluding carboxylic acids is 3. The molecular weight excluding hydrogens is 372 g/mol. The molecule has 0 saturated heterocycles. The lowest BCUT2D eigenvalue weighted by Crippen LogP contribution is -2.40. The van der Waals surface area contributed by atoms with Gasteiger partial charge in [-0.3, -0.25) is 19.3 Å². The van der Waals surface area contributed by atoms with Gasteiger partial charge in [0.25, 0.3) is 11.8 Å². The van der Waals surface area contributed by atoms with Crippen molar-refractivity contribution in [2.24, 2.45) is 0 Å². The van der Waals surface area contributed by atoms with E-state index >= 15 is 0 Å². The summed E-state index contributed by atoms with van der Waals surface area (Å²) in [5.41, 5.74) is 1.13. The molecule has 3 rings (SSSR count). The Labute approximate surface area is 160 Å². The maximum atomic E-state index is 12.4. The highest BCUT2D eigenvalue weighted by Crippen LogP contribution is 2.29. The summed E-state index contributed by atoms with van der Waals surface area (Å²) in [5.74, 6) is -0.439. The third kappa shape index (κ3) is 3.59. The molecule has 0 spiro atoms. The van der Waals surface area contributed by atoms with Crippen LogP contribution in [-0.2, 0) is 11.3 Å². The van der Waals surface area contributed by atoms with E-state index in [1.165, 1.54) is 26.4 Å². The fraction of sp³-hybridized carbons (Fsp3) is 0.211. The van der Waals surface area contributed by atoms with Gasteiger partial charge in [-0.1, -0.05) is 23.7 Å². The van der Waals surface area contributed by atoms with Crippen LogP contribution in [0, 0.1) is 0 Å². The first kappa shape index (κ1) is 18.7. The summed E-state index contributed by atoms with van der Waals surface area (Å²) in [6.07, 6.45) is 0. The second-order valence-corrected chi connectivity index (χ2v) is 6.23. The van der Waals surface area contributed by atoms with E-state index in [0.29, 0.717) is 11.5 Å². The zero-order valence-electron chi connectivity index (χ0n) is 14.7. The molecule has 0 radical (unpaired) electrons. The predicted octanol–water partition coefficient (Wildman–Crippen LogP) is 2.27. The van der Waals surface area contributed by atoms with Crippen LogP contribution in [0.2, 0.25) is 5.02 Å². The Morgan fingerprint density at radius 1 is 1.07 bits per heavy atom. The predicted molar refractivity (Wildman–Crippen MR) is 98.2 cm³/mol. The molecule has 0 saturated carbocycles. The minimum Gasteiger partial charge on any atom is -0.493 e. The van der Waals surface area contributed by atoms with E-state index in [1.807, 2.05) is 0 Å². The summed E-state index contributed by atoms with van der Waals surface area (Å²) < 4.78 is 10.4. The Bertz CT molecular complexity index is 928. The van der Waals surface area contributed by atoms with Gasteiger partial charge in [0.1, 0.15) is 6.54 Å². The number of halogens is 1. The molecule has 2 aromatic carbocycles. The molecule has 1 aliphatic rings. The van der Waals surface area contributed by atoms with Gasteiger partial charge in [0.05, 0.1) is 30.4 Å². The lowest BCUT2D eigenvalue weighted by molar-refractivity contribution is -0.121. The van der Waals surface area contributed by atoms with E-state index in [0.717, 1.165) is 10.5 Å². The highest BCUT2D eigenvalue weighted by Gasteiger charge is 2.38. The molecule has 7 nitrogen and oxygen atoms in total. The van der Waals surface area contributed by atoms with Crippen molar-refractivity contribution >= 4 is 29.3 Å². The standard InChI is InChI=1S/C19H17ClN2O5/c1-26-14-7-6-11(8-15(14)27-2)9-21-16(23)10-22-18(24)12-4-3-5-13(20)17(12)19(22)25/h3-8H,9-10H2,1-2H3,(H,21,23). The Hall–Kier alpha value is -3.06. The topological polar surface area (TPSA) is 84.9 Å². The molecule has 0 fully saturated rings. The van der Waals surface area contributed by atoms with Crippen molar-refractivity contribution in [2.45, 2.75) is 6.54 Å². The van der Waals surface area contributed by atoms with Crippen LogP contribution in [0.5, 0.6) is 11.5 Å². The number of methoxy groups -OCH3 is 2. The number of hydrogen-bond acceptors (Lipinski definition) is 5. The Balaban J connectivity index is 1.65. The molecule has 0 unspecified atom stereocenters.